The van der Waals surface area contributed by atoms with E-state index in [-0.39, 0.29) is 17.0 Å². The zero-order valence-corrected chi connectivity index (χ0v) is 12.6. The highest BCUT2D eigenvalue weighted by molar-refractivity contribution is 7.89. The molecule has 21 heavy (non-hydrogen) atoms. The first-order valence-corrected chi connectivity index (χ1v) is 8.34. The Morgan fingerprint density at radius 1 is 1.43 bits per heavy atom. The maximum Gasteiger partial charge on any atom is 0.335 e. The number of carbonyl (C=O) groups is 1. The van der Waals surface area contributed by atoms with Gasteiger partial charge in [0.15, 0.2) is 0 Å². The van der Waals surface area contributed by atoms with Crippen molar-refractivity contribution in [1.82, 2.24) is 4.31 Å². The number of rotatable bonds is 4. The van der Waals surface area contributed by atoms with Crippen LogP contribution in [0, 0.1) is 0 Å². The van der Waals surface area contributed by atoms with Crippen LogP contribution in [0.2, 0.25) is 0 Å². The molecule has 0 aromatic heterocycles. The summed E-state index contributed by atoms with van der Waals surface area (Å²) in [5, 5.41) is 18.7. The molecule has 1 aromatic carbocycles. The number of sulfonamides is 1. The topological polar surface area (TPSA) is 94.9 Å². The maximum absolute atomic E-state index is 12.7. The molecule has 0 radical (unpaired) electrons. The third-order valence-corrected chi connectivity index (χ3v) is 5.62. The Bertz CT molecular complexity index is 641. The summed E-state index contributed by atoms with van der Waals surface area (Å²) in [6.45, 7) is 2.22. The van der Waals surface area contributed by atoms with E-state index in [1.807, 2.05) is 6.92 Å². The Labute approximate surface area is 124 Å². The summed E-state index contributed by atoms with van der Waals surface area (Å²) in [5.74, 6) is -1.16. The van der Waals surface area contributed by atoms with Crippen molar-refractivity contribution in [3.63, 3.8) is 0 Å². The molecule has 1 atom stereocenters. The van der Waals surface area contributed by atoms with Crippen molar-refractivity contribution in [2.45, 2.75) is 37.2 Å². The molecule has 116 valence electrons. The van der Waals surface area contributed by atoms with Gasteiger partial charge in [0.1, 0.15) is 0 Å². The molecule has 1 saturated heterocycles. The van der Waals surface area contributed by atoms with Crippen LogP contribution in [0.4, 0.5) is 0 Å². The largest absolute Gasteiger partial charge is 0.478 e. The van der Waals surface area contributed by atoms with Crippen LogP contribution in [0.25, 0.3) is 0 Å². The fourth-order valence-electron chi connectivity index (χ4n) is 2.50. The monoisotopic (exact) mass is 313 g/mol. The predicted molar refractivity (Wildman–Crippen MR) is 76.8 cm³/mol. The van der Waals surface area contributed by atoms with Gasteiger partial charge in [0.05, 0.1) is 16.6 Å². The zero-order chi connectivity index (χ0) is 15.6. The molecule has 2 N–H and O–H groups in total. The van der Waals surface area contributed by atoms with Gasteiger partial charge in [-0.2, -0.15) is 4.31 Å². The molecular formula is C14H19NO5S. The number of aliphatic hydroxyl groups is 1. The van der Waals surface area contributed by atoms with Crippen LogP contribution in [0.5, 0.6) is 0 Å². The second kappa shape index (κ2) is 6.13. The summed E-state index contributed by atoms with van der Waals surface area (Å²) in [7, 11) is -3.78. The molecule has 0 spiro atoms. The van der Waals surface area contributed by atoms with Gasteiger partial charge < -0.3 is 10.2 Å². The molecule has 0 amide bonds. The van der Waals surface area contributed by atoms with Gasteiger partial charge in [-0.25, -0.2) is 13.2 Å². The van der Waals surface area contributed by atoms with Gasteiger partial charge in [-0.3, -0.25) is 0 Å². The molecular weight excluding hydrogens is 294 g/mol. The quantitative estimate of drug-likeness (QED) is 0.867. The van der Waals surface area contributed by atoms with E-state index in [1.165, 1.54) is 22.5 Å². The Kier molecular flexibility index (Phi) is 4.65. The van der Waals surface area contributed by atoms with Crippen molar-refractivity contribution in [2.24, 2.45) is 0 Å². The van der Waals surface area contributed by atoms with Gasteiger partial charge in [-0.05, 0) is 37.0 Å². The number of aliphatic hydroxyl groups excluding tert-OH is 1. The normalized spacial score (nSPS) is 20.4. The standard InChI is InChI=1S/C14H19NO5S/c1-2-10-5-6-11(14(17)18)8-13(10)21(19,20)15-7-3-4-12(16)9-15/h5-6,8,12,16H,2-4,7,9H2,1H3,(H,17,18)/t12-/m0/s1. The summed E-state index contributed by atoms with van der Waals surface area (Å²) in [6.07, 6.45) is 1.01. The second-order valence-corrected chi connectivity index (χ2v) is 7.05. The van der Waals surface area contributed by atoms with E-state index in [9.17, 15) is 18.3 Å². The van der Waals surface area contributed by atoms with E-state index >= 15 is 0 Å². The van der Waals surface area contributed by atoms with Crippen molar-refractivity contribution in [3.05, 3.63) is 29.3 Å². The van der Waals surface area contributed by atoms with Gasteiger partial charge >= 0.3 is 5.97 Å². The third-order valence-electron chi connectivity index (χ3n) is 3.67. The number of hydrogen-bond acceptors (Lipinski definition) is 4. The summed E-state index contributed by atoms with van der Waals surface area (Å²) in [5.41, 5.74) is 0.531. The number of carboxylic acids is 1. The summed E-state index contributed by atoms with van der Waals surface area (Å²) >= 11 is 0. The highest BCUT2D eigenvalue weighted by atomic mass is 32.2. The molecule has 7 heteroatoms. The average molecular weight is 313 g/mol. The Morgan fingerprint density at radius 3 is 2.71 bits per heavy atom. The zero-order valence-electron chi connectivity index (χ0n) is 11.8. The van der Waals surface area contributed by atoms with Gasteiger partial charge in [-0.15, -0.1) is 0 Å². The van der Waals surface area contributed by atoms with Crippen LogP contribution in [0.15, 0.2) is 23.1 Å². The van der Waals surface area contributed by atoms with Crippen molar-refractivity contribution >= 4 is 16.0 Å². The molecule has 2 rings (SSSR count). The van der Waals surface area contributed by atoms with Crippen LogP contribution in [0.3, 0.4) is 0 Å². The Morgan fingerprint density at radius 2 is 2.14 bits per heavy atom. The first-order chi connectivity index (χ1) is 9.86. The Balaban J connectivity index is 2.47. The highest BCUT2D eigenvalue weighted by Gasteiger charge is 2.31. The van der Waals surface area contributed by atoms with Crippen molar-refractivity contribution in [1.29, 1.82) is 0 Å². The predicted octanol–water partition coefficient (Wildman–Crippen LogP) is 1.09. The number of nitrogens with zero attached hydrogens (tertiary/aromatic N) is 1. The third kappa shape index (κ3) is 3.25. The van der Waals surface area contributed by atoms with Crippen LogP contribution in [-0.2, 0) is 16.4 Å². The molecule has 0 saturated carbocycles. The highest BCUT2D eigenvalue weighted by Crippen LogP contribution is 2.25. The lowest BCUT2D eigenvalue weighted by Crippen LogP contribution is -2.42. The number of aryl methyl sites for hydroxylation is 1. The summed E-state index contributed by atoms with van der Waals surface area (Å²) in [4.78, 5) is 11.1. The minimum Gasteiger partial charge on any atom is -0.478 e. The molecule has 1 heterocycles. The average Bonchev–Trinajstić information content (AvgIpc) is 2.46. The van der Waals surface area contributed by atoms with Crippen LogP contribution >= 0.6 is 0 Å². The smallest absolute Gasteiger partial charge is 0.335 e. The van der Waals surface area contributed by atoms with Crippen LogP contribution < -0.4 is 0 Å². The maximum atomic E-state index is 12.7. The van der Waals surface area contributed by atoms with Gasteiger partial charge in [-0.1, -0.05) is 13.0 Å². The molecule has 0 unspecified atom stereocenters. The van der Waals surface area contributed by atoms with Crippen molar-refractivity contribution in [3.8, 4) is 0 Å². The van der Waals surface area contributed by atoms with Gasteiger partial charge in [0, 0.05) is 13.1 Å². The summed E-state index contributed by atoms with van der Waals surface area (Å²) < 4.78 is 26.7. The molecule has 1 aliphatic rings. The first-order valence-electron chi connectivity index (χ1n) is 6.90. The number of β-amino-alcohol motifs (C(OH)–C–C–N with tert-alkyl or cyclic N) is 1. The van der Waals surface area contributed by atoms with Crippen molar-refractivity contribution in [2.75, 3.05) is 13.1 Å². The lowest BCUT2D eigenvalue weighted by molar-refractivity contribution is 0.0696. The van der Waals surface area contributed by atoms with Crippen molar-refractivity contribution < 1.29 is 23.4 Å². The SMILES string of the molecule is CCc1ccc(C(=O)O)cc1S(=O)(=O)N1CCC[C@H](O)C1. The van der Waals surface area contributed by atoms with E-state index < -0.39 is 22.1 Å². The van der Waals surface area contributed by atoms with E-state index in [1.54, 1.807) is 0 Å². The number of piperidine rings is 1. The molecule has 0 bridgehead atoms. The minimum absolute atomic E-state index is 0.0269. The number of carboxylic acid groups (broad SMARTS) is 1. The summed E-state index contributed by atoms with van der Waals surface area (Å²) in [6, 6.07) is 4.15. The van der Waals surface area contributed by atoms with Gasteiger partial charge in [0.2, 0.25) is 10.0 Å². The van der Waals surface area contributed by atoms with Crippen LogP contribution in [0.1, 0.15) is 35.7 Å². The van der Waals surface area contributed by atoms with E-state index in [4.69, 9.17) is 5.11 Å². The molecule has 0 aliphatic carbocycles. The lowest BCUT2D eigenvalue weighted by Gasteiger charge is -2.29. The molecule has 1 fully saturated rings. The molecule has 1 aromatic rings. The minimum atomic E-state index is -3.78. The number of hydrogen-bond donors (Lipinski definition) is 2. The van der Waals surface area contributed by atoms with E-state index in [0.29, 0.717) is 31.4 Å². The van der Waals surface area contributed by atoms with E-state index in [2.05, 4.69) is 0 Å². The van der Waals surface area contributed by atoms with Crippen LogP contribution in [-0.4, -0.2) is 48.1 Å². The second-order valence-electron chi connectivity index (χ2n) is 5.14. The number of aromatic carboxylic acids is 1. The Hall–Kier alpha value is -1.44. The number of benzene rings is 1. The molecule has 1 aliphatic heterocycles. The fourth-order valence-corrected chi connectivity index (χ4v) is 4.33. The van der Waals surface area contributed by atoms with E-state index in [0.717, 1.165) is 0 Å². The lowest BCUT2D eigenvalue weighted by atomic mass is 10.1. The molecule has 6 nitrogen and oxygen atoms in total. The van der Waals surface area contributed by atoms with Gasteiger partial charge in [0.25, 0.3) is 0 Å². The first kappa shape index (κ1) is 15.9. The fraction of sp³-hybridized carbons (Fsp3) is 0.500.